The van der Waals surface area contributed by atoms with E-state index in [-0.39, 0.29) is 5.91 Å². The second-order valence-electron chi connectivity index (χ2n) is 7.20. The van der Waals surface area contributed by atoms with Gasteiger partial charge in [-0.05, 0) is 48.9 Å². The van der Waals surface area contributed by atoms with Gasteiger partial charge in [0.2, 0.25) is 0 Å². The van der Waals surface area contributed by atoms with Gasteiger partial charge in [0.1, 0.15) is 5.82 Å². The Bertz CT molecular complexity index is 1090. The van der Waals surface area contributed by atoms with Gasteiger partial charge in [-0.2, -0.15) is 0 Å². The van der Waals surface area contributed by atoms with Gasteiger partial charge in [-0.1, -0.05) is 46.1 Å². The Balaban J connectivity index is 1.84. The smallest absolute Gasteiger partial charge is 0.286 e. The van der Waals surface area contributed by atoms with Crippen LogP contribution in [-0.2, 0) is 6.42 Å². The number of hydrogen-bond donors (Lipinski definition) is 2. The number of nitrogens with zero attached hydrogens (tertiary/aromatic N) is 3. The van der Waals surface area contributed by atoms with Gasteiger partial charge in [0.15, 0.2) is 5.69 Å². The number of nitrogens with one attached hydrogen (secondary N) is 2. The third-order valence-corrected chi connectivity index (χ3v) is 6.23. The molecule has 0 spiro atoms. The van der Waals surface area contributed by atoms with E-state index in [2.05, 4.69) is 26.7 Å². The van der Waals surface area contributed by atoms with Gasteiger partial charge in [-0.25, -0.2) is 9.99 Å². The third-order valence-electron chi connectivity index (χ3n) is 5.16. The summed E-state index contributed by atoms with van der Waals surface area (Å²) in [6, 6.07) is 13.2. The fourth-order valence-electron chi connectivity index (χ4n) is 3.65. The molecule has 2 aromatic carbocycles. The van der Waals surface area contributed by atoms with Crippen molar-refractivity contribution in [2.45, 2.75) is 13.3 Å². The highest BCUT2D eigenvalue weighted by Gasteiger charge is 2.25. The van der Waals surface area contributed by atoms with Gasteiger partial charge >= 0.3 is 0 Å². The van der Waals surface area contributed by atoms with Crippen LogP contribution in [0.1, 0.15) is 23.1 Å². The van der Waals surface area contributed by atoms with E-state index in [1.165, 1.54) is 0 Å². The summed E-state index contributed by atoms with van der Waals surface area (Å²) in [6.07, 6.45) is 0.624. The molecular formula is C22H22BrCl2N5O. The molecule has 2 N–H and O–H groups in total. The molecule has 0 radical (unpaired) electrons. The highest BCUT2D eigenvalue weighted by atomic mass is 79.9. The number of hydrazine groups is 1. The topological polar surface area (TPSA) is 62.2 Å². The number of imidazole rings is 1. The predicted molar refractivity (Wildman–Crippen MR) is 128 cm³/mol. The van der Waals surface area contributed by atoms with E-state index in [4.69, 9.17) is 28.2 Å². The van der Waals surface area contributed by atoms with Crippen molar-refractivity contribution in [2.75, 3.05) is 26.2 Å². The summed E-state index contributed by atoms with van der Waals surface area (Å²) >= 11 is 16.1. The van der Waals surface area contributed by atoms with E-state index >= 15 is 0 Å². The molecule has 1 saturated heterocycles. The Kier molecular flexibility index (Phi) is 6.99. The number of carbonyl (C=O) groups excluding carboxylic acids is 1. The highest BCUT2D eigenvalue weighted by molar-refractivity contribution is 9.10. The number of benzene rings is 2. The quantitative estimate of drug-likeness (QED) is 0.509. The maximum atomic E-state index is 13.2. The number of hydrogen-bond acceptors (Lipinski definition) is 4. The molecule has 2 heterocycles. The predicted octanol–water partition coefficient (Wildman–Crippen LogP) is 4.72. The minimum atomic E-state index is -0.221. The summed E-state index contributed by atoms with van der Waals surface area (Å²) in [5.74, 6) is 0.382. The molecule has 6 nitrogen and oxygen atoms in total. The Morgan fingerprint density at radius 1 is 1.16 bits per heavy atom. The van der Waals surface area contributed by atoms with Gasteiger partial charge in [0, 0.05) is 46.9 Å². The molecule has 1 aromatic heterocycles. The lowest BCUT2D eigenvalue weighted by Crippen LogP contribution is -2.52. The molecular weight excluding hydrogens is 501 g/mol. The van der Waals surface area contributed by atoms with Crippen molar-refractivity contribution in [1.29, 1.82) is 0 Å². The summed E-state index contributed by atoms with van der Waals surface area (Å²) in [5, 5.41) is 6.23. The van der Waals surface area contributed by atoms with Crippen LogP contribution >= 0.6 is 39.1 Å². The summed E-state index contributed by atoms with van der Waals surface area (Å²) in [6.45, 7) is 5.17. The van der Waals surface area contributed by atoms with Gasteiger partial charge in [-0.3, -0.25) is 14.8 Å². The molecule has 9 heteroatoms. The molecule has 4 rings (SSSR count). The van der Waals surface area contributed by atoms with Crippen molar-refractivity contribution in [3.8, 4) is 17.1 Å². The second-order valence-corrected chi connectivity index (χ2v) is 8.96. The number of carbonyl (C=O) groups is 1. The van der Waals surface area contributed by atoms with Crippen LogP contribution in [0.2, 0.25) is 10.0 Å². The normalized spacial score (nSPS) is 14.6. The van der Waals surface area contributed by atoms with Gasteiger partial charge in [0.05, 0.1) is 10.7 Å². The summed E-state index contributed by atoms with van der Waals surface area (Å²) < 4.78 is 2.96. The minimum absolute atomic E-state index is 0.221. The van der Waals surface area contributed by atoms with Crippen LogP contribution < -0.4 is 10.7 Å². The first kappa shape index (κ1) is 22.3. The van der Waals surface area contributed by atoms with Gasteiger partial charge in [0.25, 0.3) is 5.91 Å². The van der Waals surface area contributed by atoms with E-state index in [1.807, 2.05) is 46.8 Å². The zero-order chi connectivity index (χ0) is 22.0. The minimum Gasteiger partial charge on any atom is -0.314 e. The van der Waals surface area contributed by atoms with E-state index in [0.717, 1.165) is 42.0 Å². The van der Waals surface area contributed by atoms with Crippen molar-refractivity contribution in [3.63, 3.8) is 0 Å². The average molecular weight is 523 g/mol. The number of amides is 1. The molecule has 0 bridgehead atoms. The average Bonchev–Trinajstić information content (AvgIpc) is 3.14. The maximum Gasteiger partial charge on any atom is 0.286 e. The summed E-state index contributed by atoms with van der Waals surface area (Å²) in [5.41, 5.74) is 5.82. The molecule has 0 aliphatic carbocycles. The second kappa shape index (κ2) is 9.71. The fraction of sp³-hybridized carbons (Fsp3) is 0.273. The molecule has 162 valence electrons. The van der Waals surface area contributed by atoms with Crippen LogP contribution in [0.5, 0.6) is 0 Å². The van der Waals surface area contributed by atoms with Crippen LogP contribution in [0.25, 0.3) is 17.1 Å². The van der Waals surface area contributed by atoms with Gasteiger partial charge < -0.3 is 5.32 Å². The zero-order valence-corrected chi connectivity index (χ0v) is 20.1. The Labute approximate surface area is 199 Å². The van der Waals surface area contributed by atoms with Crippen LogP contribution in [0.15, 0.2) is 46.9 Å². The van der Waals surface area contributed by atoms with Crippen LogP contribution in [0.4, 0.5) is 0 Å². The standard InChI is InChI=1S/C22H22BrCl2N5O/c1-2-19-20(22(31)28-29-11-9-26-10-12-29)27-21(17-8-5-15(24)13-18(17)25)30(19)16-6-3-14(23)4-7-16/h3-8,13,26H,2,9-12H2,1H3,(H,28,31). The molecule has 0 unspecified atom stereocenters. The molecule has 0 atom stereocenters. The first-order valence-corrected chi connectivity index (χ1v) is 11.6. The summed E-state index contributed by atoms with van der Waals surface area (Å²) in [7, 11) is 0. The molecule has 1 fully saturated rings. The SMILES string of the molecule is CCc1c(C(=O)NN2CCNCC2)nc(-c2ccc(Cl)cc2Cl)n1-c1ccc(Br)cc1. The van der Waals surface area contributed by atoms with Crippen molar-refractivity contribution in [2.24, 2.45) is 0 Å². The van der Waals surface area contributed by atoms with E-state index in [9.17, 15) is 4.79 Å². The van der Waals surface area contributed by atoms with Crippen LogP contribution in [-0.4, -0.2) is 46.6 Å². The lowest BCUT2D eigenvalue weighted by molar-refractivity contribution is 0.0759. The molecule has 31 heavy (non-hydrogen) atoms. The van der Waals surface area contributed by atoms with Crippen LogP contribution in [0.3, 0.4) is 0 Å². The number of aromatic nitrogens is 2. The monoisotopic (exact) mass is 521 g/mol. The van der Waals surface area contributed by atoms with Crippen LogP contribution in [0, 0.1) is 0 Å². The third kappa shape index (κ3) is 4.81. The first-order valence-electron chi connectivity index (χ1n) is 10.1. The molecule has 1 aliphatic heterocycles. The van der Waals surface area contributed by atoms with E-state index in [0.29, 0.717) is 33.5 Å². The number of rotatable bonds is 5. The van der Waals surface area contributed by atoms with E-state index < -0.39 is 0 Å². The van der Waals surface area contributed by atoms with Crippen molar-refractivity contribution in [1.82, 2.24) is 25.3 Å². The lowest BCUT2D eigenvalue weighted by Gasteiger charge is -2.27. The molecule has 1 amide bonds. The molecule has 0 saturated carbocycles. The lowest BCUT2D eigenvalue weighted by atomic mass is 10.2. The zero-order valence-electron chi connectivity index (χ0n) is 17.0. The van der Waals surface area contributed by atoms with Gasteiger partial charge in [-0.15, -0.1) is 0 Å². The fourth-order valence-corrected chi connectivity index (χ4v) is 4.41. The Morgan fingerprint density at radius 2 is 1.87 bits per heavy atom. The van der Waals surface area contributed by atoms with Crippen molar-refractivity contribution >= 4 is 45.0 Å². The molecule has 1 aliphatic rings. The number of halogens is 3. The van der Waals surface area contributed by atoms with Crippen molar-refractivity contribution in [3.05, 3.63) is 68.4 Å². The highest BCUT2D eigenvalue weighted by Crippen LogP contribution is 2.34. The van der Waals surface area contributed by atoms with Crippen molar-refractivity contribution < 1.29 is 4.79 Å². The maximum absolute atomic E-state index is 13.2. The van der Waals surface area contributed by atoms with E-state index in [1.54, 1.807) is 12.1 Å². The Hall–Kier alpha value is -1.90. The summed E-state index contributed by atoms with van der Waals surface area (Å²) in [4.78, 5) is 18.0. The Morgan fingerprint density at radius 3 is 2.52 bits per heavy atom. The first-order chi connectivity index (χ1) is 15.0. The largest absolute Gasteiger partial charge is 0.314 e. The number of piperazine rings is 1. The molecule has 3 aromatic rings.